The van der Waals surface area contributed by atoms with E-state index in [1.54, 1.807) is 54.5 Å². The number of amides is 1. The average Bonchev–Trinajstić information content (AvgIpc) is 2.76. The molecule has 0 saturated heterocycles. The minimum atomic E-state index is -3.31. The Bertz CT molecular complexity index is 1200. The summed E-state index contributed by atoms with van der Waals surface area (Å²) in [5.74, 6) is 0.161. The number of carbonyl (C=O) groups excluding carboxylic acids is 1. The first-order valence-electron chi connectivity index (χ1n) is 9.90. The summed E-state index contributed by atoms with van der Waals surface area (Å²) in [6.45, 7) is 0.727. The molecule has 0 radical (unpaired) electrons. The maximum Gasteiger partial charge on any atom is 0.257 e. The van der Waals surface area contributed by atoms with E-state index in [1.807, 2.05) is 0 Å². The molecule has 0 unspecified atom stereocenters. The van der Waals surface area contributed by atoms with E-state index in [4.69, 9.17) is 4.74 Å². The second kappa shape index (κ2) is 10.2. The van der Waals surface area contributed by atoms with Crippen LogP contribution in [0.25, 0.3) is 0 Å². The molecule has 1 aromatic heterocycles. The highest BCUT2D eigenvalue weighted by Crippen LogP contribution is 2.21. The van der Waals surface area contributed by atoms with Crippen LogP contribution in [0, 0.1) is 5.82 Å². The van der Waals surface area contributed by atoms with E-state index in [9.17, 15) is 17.6 Å². The lowest BCUT2D eigenvalue weighted by Gasteiger charge is -2.19. The van der Waals surface area contributed by atoms with Crippen molar-refractivity contribution in [1.29, 1.82) is 0 Å². The van der Waals surface area contributed by atoms with Crippen LogP contribution in [0.15, 0.2) is 71.8 Å². The van der Waals surface area contributed by atoms with Crippen molar-refractivity contribution in [2.45, 2.75) is 11.3 Å². The van der Waals surface area contributed by atoms with Crippen LogP contribution < -0.4 is 10.1 Å². The largest absolute Gasteiger partial charge is 0.493 e. The summed E-state index contributed by atoms with van der Waals surface area (Å²) in [6.07, 6.45) is 3.23. The molecule has 168 valence electrons. The van der Waals surface area contributed by atoms with Gasteiger partial charge in [-0.3, -0.25) is 4.79 Å². The van der Waals surface area contributed by atoms with Crippen molar-refractivity contribution in [2.75, 3.05) is 31.8 Å². The molecule has 1 N–H and O–H groups in total. The van der Waals surface area contributed by atoms with Crippen molar-refractivity contribution in [3.63, 3.8) is 0 Å². The zero-order valence-corrected chi connectivity index (χ0v) is 18.6. The summed E-state index contributed by atoms with van der Waals surface area (Å²) in [7, 11) is -1.63. The fourth-order valence-corrected chi connectivity index (χ4v) is 3.63. The molecule has 0 saturated carbocycles. The lowest BCUT2D eigenvalue weighted by atomic mass is 10.2. The highest BCUT2D eigenvalue weighted by atomic mass is 32.2. The van der Waals surface area contributed by atoms with Gasteiger partial charge in [0, 0.05) is 31.7 Å². The number of hydrogen-bond donors (Lipinski definition) is 1. The van der Waals surface area contributed by atoms with E-state index >= 15 is 0 Å². The number of benzene rings is 2. The van der Waals surface area contributed by atoms with Gasteiger partial charge in [-0.1, -0.05) is 12.1 Å². The van der Waals surface area contributed by atoms with Crippen LogP contribution in [0.5, 0.6) is 5.75 Å². The van der Waals surface area contributed by atoms with Crippen molar-refractivity contribution in [3.05, 3.63) is 78.2 Å². The van der Waals surface area contributed by atoms with Crippen LogP contribution in [0.1, 0.15) is 16.8 Å². The van der Waals surface area contributed by atoms with Crippen LogP contribution in [0.4, 0.5) is 15.9 Å². The molecular weight excluding hydrogens is 433 g/mol. The number of aromatic nitrogens is 1. The minimum Gasteiger partial charge on any atom is -0.493 e. The van der Waals surface area contributed by atoms with Gasteiger partial charge in [0.25, 0.3) is 5.91 Å². The Kier molecular flexibility index (Phi) is 7.42. The Balaban J connectivity index is 1.57. The van der Waals surface area contributed by atoms with Gasteiger partial charge in [-0.25, -0.2) is 17.8 Å². The van der Waals surface area contributed by atoms with E-state index in [1.165, 1.54) is 24.3 Å². The summed E-state index contributed by atoms with van der Waals surface area (Å²) < 4.78 is 42.4. The predicted molar refractivity (Wildman–Crippen MR) is 121 cm³/mol. The van der Waals surface area contributed by atoms with Gasteiger partial charge >= 0.3 is 0 Å². The number of sulfone groups is 1. The Morgan fingerprint density at radius 1 is 1.12 bits per heavy atom. The third kappa shape index (κ3) is 6.27. The molecule has 9 heteroatoms. The zero-order chi connectivity index (χ0) is 23.1. The highest BCUT2D eigenvalue weighted by Gasteiger charge is 2.17. The number of nitrogens with zero attached hydrogens (tertiary/aromatic N) is 2. The molecular formula is C23H24FN3O4S. The molecule has 0 aliphatic rings. The maximum atomic E-state index is 13.5. The van der Waals surface area contributed by atoms with Crippen molar-refractivity contribution < 1.29 is 22.3 Å². The van der Waals surface area contributed by atoms with Gasteiger partial charge in [0.1, 0.15) is 17.4 Å². The van der Waals surface area contributed by atoms with Crippen LogP contribution in [-0.4, -0.2) is 50.7 Å². The fourth-order valence-electron chi connectivity index (χ4n) is 2.97. The van der Waals surface area contributed by atoms with Gasteiger partial charge in [-0.15, -0.1) is 0 Å². The Morgan fingerprint density at radius 3 is 2.66 bits per heavy atom. The summed E-state index contributed by atoms with van der Waals surface area (Å²) in [6, 6.07) is 15.5. The van der Waals surface area contributed by atoms with Crippen LogP contribution >= 0.6 is 0 Å². The molecule has 0 atom stereocenters. The third-order valence-corrected chi connectivity index (χ3v) is 5.72. The van der Waals surface area contributed by atoms with Crippen LogP contribution in [-0.2, 0) is 9.84 Å². The number of hydrogen-bond acceptors (Lipinski definition) is 6. The van der Waals surface area contributed by atoms with Crippen LogP contribution in [0.2, 0.25) is 0 Å². The zero-order valence-electron chi connectivity index (χ0n) is 17.8. The van der Waals surface area contributed by atoms with Crippen molar-refractivity contribution >= 4 is 27.2 Å². The number of pyridine rings is 1. The van der Waals surface area contributed by atoms with E-state index in [2.05, 4.69) is 10.3 Å². The molecule has 0 aliphatic heterocycles. The molecule has 2 aromatic carbocycles. The monoisotopic (exact) mass is 457 g/mol. The van der Waals surface area contributed by atoms with Gasteiger partial charge in [0.15, 0.2) is 9.84 Å². The molecule has 0 bridgehead atoms. The minimum absolute atomic E-state index is 0.192. The second-order valence-electron chi connectivity index (χ2n) is 7.21. The summed E-state index contributed by atoms with van der Waals surface area (Å²) >= 11 is 0. The van der Waals surface area contributed by atoms with E-state index in [0.717, 1.165) is 6.26 Å². The fraction of sp³-hybridized carbons (Fsp3) is 0.217. The van der Waals surface area contributed by atoms with Gasteiger partial charge in [0.05, 0.1) is 17.1 Å². The molecule has 3 aromatic rings. The molecule has 0 spiro atoms. The Morgan fingerprint density at radius 2 is 1.91 bits per heavy atom. The number of halogens is 1. The molecule has 1 heterocycles. The molecule has 0 fully saturated rings. The number of rotatable bonds is 9. The van der Waals surface area contributed by atoms with E-state index in [-0.39, 0.29) is 10.8 Å². The topological polar surface area (TPSA) is 88.6 Å². The SMILES string of the molecule is CN(CCCOc1cccc(S(C)(=O)=O)c1)C(=O)c1cccnc1Nc1cccc(F)c1. The highest BCUT2D eigenvalue weighted by molar-refractivity contribution is 7.90. The van der Waals surface area contributed by atoms with Crippen molar-refractivity contribution in [2.24, 2.45) is 0 Å². The third-order valence-electron chi connectivity index (χ3n) is 4.61. The standard InChI is InChI=1S/C23H24FN3O4S/c1-27(13-6-14-31-19-9-4-10-20(16-19)32(2,29)30)23(28)21-11-5-12-25-22(21)26-18-8-3-7-17(24)15-18/h3-5,7-12,15-16H,6,13-14H2,1-2H3,(H,25,26). The first-order chi connectivity index (χ1) is 15.2. The quantitative estimate of drug-likeness (QED) is 0.490. The average molecular weight is 458 g/mol. The number of anilines is 2. The molecule has 1 amide bonds. The molecule has 32 heavy (non-hydrogen) atoms. The summed E-state index contributed by atoms with van der Waals surface area (Å²) in [4.78, 5) is 18.9. The number of nitrogens with one attached hydrogen (secondary N) is 1. The summed E-state index contributed by atoms with van der Waals surface area (Å²) in [5.41, 5.74) is 0.853. The van der Waals surface area contributed by atoms with E-state index in [0.29, 0.717) is 42.4 Å². The van der Waals surface area contributed by atoms with Gasteiger partial charge in [-0.2, -0.15) is 0 Å². The second-order valence-corrected chi connectivity index (χ2v) is 9.23. The molecule has 3 rings (SSSR count). The van der Waals surface area contributed by atoms with Gasteiger partial charge < -0.3 is 15.0 Å². The van der Waals surface area contributed by atoms with Crippen molar-refractivity contribution in [1.82, 2.24) is 9.88 Å². The number of ether oxygens (including phenoxy) is 1. The first-order valence-corrected chi connectivity index (χ1v) is 11.8. The Hall–Kier alpha value is -3.46. The molecule has 0 aliphatic carbocycles. The lowest BCUT2D eigenvalue weighted by Crippen LogP contribution is -2.29. The Labute approximate surface area is 186 Å². The van der Waals surface area contributed by atoms with Gasteiger partial charge in [0.2, 0.25) is 0 Å². The first kappa shape index (κ1) is 23.2. The lowest BCUT2D eigenvalue weighted by molar-refractivity contribution is 0.0788. The summed E-state index contributed by atoms with van der Waals surface area (Å²) in [5, 5.41) is 2.98. The van der Waals surface area contributed by atoms with Crippen LogP contribution in [0.3, 0.4) is 0 Å². The predicted octanol–water partition coefficient (Wildman–Crippen LogP) is 3.91. The van der Waals surface area contributed by atoms with Crippen molar-refractivity contribution in [3.8, 4) is 5.75 Å². The smallest absolute Gasteiger partial charge is 0.257 e. The number of carbonyl (C=O) groups is 1. The van der Waals surface area contributed by atoms with Gasteiger partial charge in [-0.05, 0) is 55.0 Å². The maximum absolute atomic E-state index is 13.5. The normalized spacial score (nSPS) is 11.1. The molecule has 7 nitrogen and oxygen atoms in total. The van der Waals surface area contributed by atoms with E-state index < -0.39 is 15.7 Å².